The SMILES string of the molecule is Cc1cc(-c2c(C#N)c3ccc(Oc4ncccn4)cc3n2C2CCC2)ccc1NC(=O)OC(C)C. The Morgan fingerprint density at radius 3 is 2.58 bits per heavy atom. The zero-order chi connectivity index (χ0) is 25.2. The highest BCUT2D eigenvalue weighted by Gasteiger charge is 2.28. The van der Waals surface area contributed by atoms with Crippen LogP contribution in [0.3, 0.4) is 0 Å². The number of anilines is 1. The maximum atomic E-state index is 12.1. The van der Waals surface area contributed by atoms with Gasteiger partial charge in [0, 0.05) is 35.6 Å². The molecule has 8 heteroatoms. The lowest BCUT2D eigenvalue weighted by Crippen LogP contribution is -2.19. The number of nitrogens with zero attached hydrogens (tertiary/aromatic N) is 4. The summed E-state index contributed by atoms with van der Waals surface area (Å²) in [4.78, 5) is 20.4. The van der Waals surface area contributed by atoms with E-state index in [0.717, 1.165) is 47.0 Å². The van der Waals surface area contributed by atoms with Gasteiger partial charge in [0.15, 0.2) is 0 Å². The minimum Gasteiger partial charge on any atom is -0.447 e. The first-order valence-electron chi connectivity index (χ1n) is 12.1. The van der Waals surface area contributed by atoms with Crippen LogP contribution in [0.2, 0.25) is 0 Å². The van der Waals surface area contributed by atoms with Crippen molar-refractivity contribution in [3.63, 3.8) is 0 Å². The van der Waals surface area contributed by atoms with E-state index in [-0.39, 0.29) is 12.1 Å². The van der Waals surface area contributed by atoms with Gasteiger partial charge in [0.1, 0.15) is 11.8 Å². The number of nitrogens with one attached hydrogen (secondary N) is 1. The lowest BCUT2D eigenvalue weighted by molar-refractivity contribution is 0.130. The molecule has 2 aromatic carbocycles. The maximum absolute atomic E-state index is 12.1. The highest BCUT2D eigenvalue weighted by Crippen LogP contribution is 2.44. The Morgan fingerprint density at radius 2 is 1.94 bits per heavy atom. The lowest BCUT2D eigenvalue weighted by atomic mass is 9.92. The average Bonchev–Trinajstić information content (AvgIpc) is 3.13. The van der Waals surface area contributed by atoms with Gasteiger partial charge in [-0.15, -0.1) is 0 Å². The molecule has 0 bridgehead atoms. The fourth-order valence-corrected chi connectivity index (χ4v) is 4.52. The van der Waals surface area contributed by atoms with Crippen molar-refractivity contribution in [2.24, 2.45) is 0 Å². The third-order valence-electron chi connectivity index (χ3n) is 6.36. The van der Waals surface area contributed by atoms with Gasteiger partial charge < -0.3 is 14.0 Å². The summed E-state index contributed by atoms with van der Waals surface area (Å²) in [5, 5.41) is 13.9. The lowest BCUT2D eigenvalue weighted by Gasteiger charge is -2.30. The fourth-order valence-electron chi connectivity index (χ4n) is 4.52. The molecule has 1 aliphatic carbocycles. The minimum atomic E-state index is -0.489. The summed E-state index contributed by atoms with van der Waals surface area (Å²) in [6, 6.07) is 16.3. The van der Waals surface area contributed by atoms with E-state index in [9.17, 15) is 10.1 Å². The van der Waals surface area contributed by atoms with Crippen LogP contribution in [0.25, 0.3) is 22.2 Å². The van der Waals surface area contributed by atoms with Gasteiger partial charge in [0.25, 0.3) is 0 Å². The number of rotatable bonds is 6. The second-order valence-electron chi connectivity index (χ2n) is 9.21. The van der Waals surface area contributed by atoms with Crippen LogP contribution in [0, 0.1) is 18.3 Å². The number of nitriles is 1. The molecule has 2 heterocycles. The quantitative estimate of drug-likeness (QED) is 0.327. The number of ether oxygens (including phenoxy) is 2. The molecular formula is C28H27N5O3. The largest absolute Gasteiger partial charge is 0.447 e. The summed E-state index contributed by atoms with van der Waals surface area (Å²) in [5.41, 5.74) is 4.92. The van der Waals surface area contributed by atoms with E-state index < -0.39 is 6.09 Å². The molecular weight excluding hydrogens is 454 g/mol. The van der Waals surface area contributed by atoms with E-state index in [1.54, 1.807) is 18.5 Å². The van der Waals surface area contributed by atoms with Crippen LogP contribution in [-0.2, 0) is 4.74 Å². The van der Waals surface area contributed by atoms with Crippen LogP contribution in [0.5, 0.6) is 11.8 Å². The molecule has 0 atom stereocenters. The second kappa shape index (κ2) is 9.70. The molecule has 36 heavy (non-hydrogen) atoms. The van der Waals surface area contributed by atoms with E-state index in [1.165, 1.54) is 0 Å². The Labute approximate surface area is 209 Å². The Hall–Kier alpha value is -4.38. The number of amides is 1. The van der Waals surface area contributed by atoms with Crippen molar-refractivity contribution >= 4 is 22.7 Å². The van der Waals surface area contributed by atoms with Crippen LogP contribution < -0.4 is 10.1 Å². The molecule has 0 unspecified atom stereocenters. The van der Waals surface area contributed by atoms with Gasteiger partial charge in [-0.2, -0.15) is 5.26 Å². The number of hydrogen-bond acceptors (Lipinski definition) is 6. The normalized spacial score (nSPS) is 13.3. The highest BCUT2D eigenvalue weighted by atomic mass is 16.6. The average molecular weight is 482 g/mol. The van der Waals surface area contributed by atoms with Gasteiger partial charge in [-0.3, -0.25) is 5.32 Å². The predicted octanol–water partition coefficient (Wildman–Crippen LogP) is 6.75. The minimum absolute atomic E-state index is 0.205. The van der Waals surface area contributed by atoms with Gasteiger partial charge in [-0.1, -0.05) is 6.07 Å². The summed E-state index contributed by atoms with van der Waals surface area (Å²) >= 11 is 0. The Morgan fingerprint density at radius 1 is 1.17 bits per heavy atom. The summed E-state index contributed by atoms with van der Waals surface area (Å²) in [6.45, 7) is 5.55. The molecule has 2 aromatic heterocycles. The van der Waals surface area contributed by atoms with Crippen LogP contribution >= 0.6 is 0 Å². The topological polar surface area (TPSA) is 102 Å². The molecule has 1 aliphatic rings. The van der Waals surface area contributed by atoms with Crippen molar-refractivity contribution in [3.8, 4) is 29.1 Å². The van der Waals surface area contributed by atoms with E-state index >= 15 is 0 Å². The first-order chi connectivity index (χ1) is 17.4. The van der Waals surface area contributed by atoms with Gasteiger partial charge in [0.05, 0.1) is 22.9 Å². The van der Waals surface area contributed by atoms with Crippen molar-refractivity contribution in [1.82, 2.24) is 14.5 Å². The van der Waals surface area contributed by atoms with Crippen molar-refractivity contribution in [2.45, 2.75) is 52.2 Å². The molecule has 1 amide bonds. The van der Waals surface area contributed by atoms with Crippen LogP contribution in [0.4, 0.5) is 10.5 Å². The second-order valence-corrected chi connectivity index (χ2v) is 9.21. The Balaban J connectivity index is 1.59. The zero-order valence-corrected chi connectivity index (χ0v) is 20.5. The molecule has 4 aromatic rings. The summed E-state index contributed by atoms with van der Waals surface area (Å²) < 4.78 is 13.4. The van der Waals surface area contributed by atoms with E-state index in [4.69, 9.17) is 9.47 Å². The number of fused-ring (bicyclic) bond motifs is 1. The molecule has 1 saturated carbocycles. The van der Waals surface area contributed by atoms with E-state index in [2.05, 4.69) is 25.9 Å². The molecule has 182 valence electrons. The number of carbonyl (C=O) groups is 1. The number of carbonyl (C=O) groups excluding carboxylic acids is 1. The van der Waals surface area contributed by atoms with Gasteiger partial charge in [-0.25, -0.2) is 14.8 Å². The zero-order valence-electron chi connectivity index (χ0n) is 20.5. The highest BCUT2D eigenvalue weighted by molar-refractivity contribution is 5.96. The first kappa shape index (κ1) is 23.4. The molecule has 0 spiro atoms. The van der Waals surface area contributed by atoms with Gasteiger partial charge in [-0.05, 0) is 81.5 Å². The summed E-state index contributed by atoms with van der Waals surface area (Å²) in [6.07, 6.45) is 5.82. The molecule has 1 N–H and O–H groups in total. The fraction of sp³-hybridized carbons (Fsp3) is 0.286. The molecule has 5 rings (SSSR count). The van der Waals surface area contributed by atoms with Gasteiger partial charge >= 0.3 is 12.1 Å². The monoisotopic (exact) mass is 481 g/mol. The smallest absolute Gasteiger partial charge is 0.411 e. The van der Waals surface area contributed by atoms with Crippen molar-refractivity contribution in [3.05, 3.63) is 66.0 Å². The summed E-state index contributed by atoms with van der Waals surface area (Å²) in [7, 11) is 0. The number of aryl methyl sites for hydroxylation is 1. The third-order valence-corrected chi connectivity index (χ3v) is 6.36. The standard InChI is InChI=1S/C28H27N5O3/c1-17(2)35-28(34)32-24-11-8-19(14-18(24)3)26-23(16-29)22-10-9-21(36-27-30-12-5-13-31-27)15-25(22)33(26)20-6-4-7-20/h5,8-15,17,20H,4,6-7H2,1-3H3,(H,32,34). The van der Waals surface area contributed by atoms with Crippen LogP contribution in [0.15, 0.2) is 54.9 Å². The van der Waals surface area contributed by atoms with Crippen molar-refractivity contribution < 1.29 is 14.3 Å². The third kappa shape index (κ3) is 4.48. The van der Waals surface area contributed by atoms with E-state index in [0.29, 0.717) is 23.0 Å². The Bertz CT molecular complexity index is 1470. The number of hydrogen-bond donors (Lipinski definition) is 1. The summed E-state index contributed by atoms with van der Waals surface area (Å²) in [5.74, 6) is 0.613. The molecule has 0 radical (unpaired) electrons. The number of benzene rings is 2. The van der Waals surface area contributed by atoms with Crippen molar-refractivity contribution in [2.75, 3.05) is 5.32 Å². The molecule has 1 fully saturated rings. The molecule has 0 aliphatic heterocycles. The Kier molecular flexibility index (Phi) is 6.30. The van der Waals surface area contributed by atoms with E-state index in [1.807, 2.05) is 57.2 Å². The van der Waals surface area contributed by atoms with Crippen LogP contribution in [0.1, 0.15) is 50.3 Å². The van der Waals surface area contributed by atoms with Crippen LogP contribution in [-0.4, -0.2) is 26.7 Å². The van der Waals surface area contributed by atoms with Crippen molar-refractivity contribution in [1.29, 1.82) is 5.26 Å². The predicted molar refractivity (Wildman–Crippen MR) is 137 cm³/mol. The van der Waals surface area contributed by atoms with Gasteiger partial charge in [0.2, 0.25) is 0 Å². The molecule has 0 saturated heterocycles. The first-order valence-corrected chi connectivity index (χ1v) is 12.1. The molecule has 8 nitrogen and oxygen atoms in total. The number of aromatic nitrogens is 3. The maximum Gasteiger partial charge on any atom is 0.411 e.